The normalized spacial score (nSPS) is 19.3. The van der Waals surface area contributed by atoms with Gasteiger partial charge in [-0.15, -0.1) is 0 Å². The van der Waals surface area contributed by atoms with Crippen LogP contribution in [0.4, 0.5) is 16.2 Å². The zero-order chi connectivity index (χ0) is 19.8. The molecule has 0 bridgehead atoms. The van der Waals surface area contributed by atoms with E-state index in [0.717, 1.165) is 27.6 Å². The number of H-pyrrole nitrogens is 1. The van der Waals surface area contributed by atoms with E-state index in [0.29, 0.717) is 18.5 Å². The predicted octanol–water partition coefficient (Wildman–Crippen LogP) is 3.39. The largest absolute Gasteiger partial charge is 0.444 e. The fourth-order valence-corrected chi connectivity index (χ4v) is 3.71. The van der Waals surface area contributed by atoms with Gasteiger partial charge in [0.1, 0.15) is 11.2 Å². The van der Waals surface area contributed by atoms with Crippen molar-refractivity contribution in [3.05, 3.63) is 16.9 Å². The van der Waals surface area contributed by atoms with Gasteiger partial charge in [0, 0.05) is 29.8 Å². The maximum atomic E-state index is 11.9. The van der Waals surface area contributed by atoms with Crippen LogP contribution in [0.1, 0.15) is 33.6 Å². The van der Waals surface area contributed by atoms with E-state index in [1.807, 2.05) is 20.8 Å². The molecular weight excluding hydrogens is 414 g/mol. The summed E-state index contributed by atoms with van der Waals surface area (Å²) in [5, 5.41) is 6.81. The Labute approximate surface area is 166 Å². The van der Waals surface area contributed by atoms with Crippen LogP contribution in [0.2, 0.25) is 0 Å². The number of ether oxygens (including phenoxy) is 1. The molecule has 8 nitrogen and oxygen atoms in total. The van der Waals surface area contributed by atoms with E-state index in [1.54, 1.807) is 24.3 Å². The van der Waals surface area contributed by atoms with Crippen molar-refractivity contribution in [1.82, 2.24) is 15.3 Å². The number of nitrogens with zero attached hydrogens (tertiary/aromatic N) is 2. The number of alkyl carbamates (subject to hydrolysis) is 1. The lowest BCUT2D eigenvalue weighted by Crippen LogP contribution is -2.54. The van der Waals surface area contributed by atoms with E-state index in [9.17, 15) is 9.59 Å². The molecule has 0 spiro atoms. The molecule has 1 aliphatic rings. The summed E-state index contributed by atoms with van der Waals surface area (Å²) >= 11 is 3.52. The molecule has 3 N–H and O–H groups in total. The minimum atomic E-state index is -0.535. The summed E-state index contributed by atoms with van der Waals surface area (Å²) in [5.41, 5.74) is 1.70. The van der Waals surface area contributed by atoms with Gasteiger partial charge in [-0.05, 0) is 49.5 Å². The molecule has 27 heavy (non-hydrogen) atoms. The number of halogens is 1. The van der Waals surface area contributed by atoms with Crippen molar-refractivity contribution in [3.8, 4) is 0 Å². The number of aromatic nitrogens is 2. The minimum Gasteiger partial charge on any atom is -0.444 e. The second-order valence-corrected chi connectivity index (χ2v) is 8.47. The van der Waals surface area contributed by atoms with E-state index in [2.05, 4.69) is 36.5 Å². The number of aromatic amines is 1. The van der Waals surface area contributed by atoms with Gasteiger partial charge in [-0.2, -0.15) is 0 Å². The molecule has 3 rings (SSSR count). The number of rotatable bonds is 5. The average Bonchev–Trinajstić information content (AvgIpc) is 2.92. The van der Waals surface area contributed by atoms with Gasteiger partial charge in [-0.3, -0.25) is 4.79 Å². The van der Waals surface area contributed by atoms with Crippen LogP contribution in [-0.4, -0.2) is 47.2 Å². The molecule has 2 heterocycles. The number of hydrogen-bond acceptors (Lipinski definition) is 5. The van der Waals surface area contributed by atoms with Crippen LogP contribution >= 0.6 is 15.9 Å². The number of hydrogen-bond donors (Lipinski definition) is 3. The van der Waals surface area contributed by atoms with E-state index < -0.39 is 11.7 Å². The van der Waals surface area contributed by atoms with Gasteiger partial charge in [0.2, 0.25) is 6.41 Å². The zero-order valence-electron chi connectivity index (χ0n) is 15.8. The van der Waals surface area contributed by atoms with Crippen LogP contribution in [0.15, 0.2) is 16.9 Å². The fraction of sp³-hybridized carbons (Fsp3) is 0.500. The van der Waals surface area contributed by atoms with Gasteiger partial charge >= 0.3 is 6.09 Å². The fourth-order valence-electron chi connectivity index (χ4n) is 3.22. The highest BCUT2D eigenvalue weighted by Gasteiger charge is 2.37. The Hall–Kier alpha value is -2.29. The summed E-state index contributed by atoms with van der Waals surface area (Å²) in [6.07, 6.45) is 5.23. The molecule has 1 aliphatic carbocycles. The molecule has 146 valence electrons. The van der Waals surface area contributed by atoms with Crippen LogP contribution in [0.25, 0.3) is 11.0 Å². The summed E-state index contributed by atoms with van der Waals surface area (Å²) in [6.45, 7) is 5.48. The quantitative estimate of drug-likeness (QED) is 0.622. The minimum absolute atomic E-state index is 0.0121. The average molecular weight is 438 g/mol. The van der Waals surface area contributed by atoms with Crippen molar-refractivity contribution >= 4 is 50.8 Å². The van der Waals surface area contributed by atoms with Gasteiger partial charge in [0.25, 0.3) is 0 Å². The summed E-state index contributed by atoms with van der Waals surface area (Å²) in [5.74, 6) is 0. The number of nitrogens with one attached hydrogen (secondary N) is 3. The molecule has 0 aliphatic heterocycles. The number of anilines is 2. The van der Waals surface area contributed by atoms with Crippen LogP contribution in [0, 0.1) is 0 Å². The molecule has 2 aromatic heterocycles. The molecule has 1 fully saturated rings. The molecule has 2 amide bonds. The Morgan fingerprint density at radius 1 is 1.44 bits per heavy atom. The van der Waals surface area contributed by atoms with Crippen molar-refractivity contribution < 1.29 is 14.3 Å². The molecule has 1 saturated carbocycles. The second kappa shape index (κ2) is 7.38. The maximum absolute atomic E-state index is 11.9. The molecule has 0 saturated heterocycles. The first kappa shape index (κ1) is 19.5. The predicted molar refractivity (Wildman–Crippen MR) is 108 cm³/mol. The Morgan fingerprint density at radius 3 is 2.74 bits per heavy atom. The standard InChI is InChI=1S/C18H24BrN5O3/c1-18(2,3)27-17(26)23-10-5-11(6-10)24(9-25)15-13(20-4)8-22-16-14(15)12(19)7-21-16/h7-11,20H,5-6H2,1-4H3,(H,21,22)(H,23,26). The molecule has 0 atom stereocenters. The van der Waals surface area contributed by atoms with E-state index in [1.165, 1.54) is 0 Å². The van der Waals surface area contributed by atoms with Crippen LogP contribution in [-0.2, 0) is 9.53 Å². The molecule has 0 unspecified atom stereocenters. The molecular formula is C18H24BrN5O3. The van der Waals surface area contributed by atoms with Crippen LogP contribution < -0.4 is 15.5 Å². The van der Waals surface area contributed by atoms with Crippen molar-refractivity contribution in [2.75, 3.05) is 17.3 Å². The Balaban J connectivity index is 1.76. The third kappa shape index (κ3) is 4.02. The third-order valence-corrected chi connectivity index (χ3v) is 5.12. The van der Waals surface area contributed by atoms with Gasteiger partial charge in [0.15, 0.2) is 0 Å². The van der Waals surface area contributed by atoms with E-state index in [-0.39, 0.29) is 12.1 Å². The van der Waals surface area contributed by atoms with Crippen molar-refractivity contribution in [3.63, 3.8) is 0 Å². The van der Waals surface area contributed by atoms with Crippen molar-refractivity contribution in [2.24, 2.45) is 0 Å². The van der Waals surface area contributed by atoms with Crippen LogP contribution in [0.3, 0.4) is 0 Å². The van der Waals surface area contributed by atoms with Crippen LogP contribution in [0.5, 0.6) is 0 Å². The first-order valence-corrected chi connectivity index (χ1v) is 9.59. The van der Waals surface area contributed by atoms with Gasteiger partial charge in [-0.1, -0.05) is 0 Å². The lowest BCUT2D eigenvalue weighted by Gasteiger charge is -2.42. The Bertz CT molecular complexity index is 855. The summed E-state index contributed by atoms with van der Waals surface area (Å²) in [6, 6.07) is -0.0285. The SMILES string of the molecule is CNc1cnc2[nH]cc(Br)c2c1N(C=O)C1CC(NC(=O)OC(C)(C)C)C1. The Morgan fingerprint density at radius 2 is 2.15 bits per heavy atom. The molecule has 0 aromatic carbocycles. The summed E-state index contributed by atoms with van der Waals surface area (Å²) < 4.78 is 6.13. The maximum Gasteiger partial charge on any atom is 0.407 e. The lowest BCUT2D eigenvalue weighted by atomic mass is 9.85. The topological polar surface area (TPSA) is 99.4 Å². The number of carbonyl (C=O) groups is 2. The molecule has 0 radical (unpaired) electrons. The number of amides is 2. The highest BCUT2D eigenvalue weighted by atomic mass is 79.9. The second-order valence-electron chi connectivity index (χ2n) is 7.61. The molecule has 2 aromatic rings. The van der Waals surface area contributed by atoms with Gasteiger partial charge < -0.3 is 25.3 Å². The first-order chi connectivity index (χ1) is 12.7. The summed E-state index contributed by atoms with van der Waals surface area (Å²) in [7, 11) is 1.80. The summed E-state index contributed by atoms with van der Waals surface area (Å²) in [4.78, 5) is 33.0. The third-order valence-electron chi connectivity index (χ3n) is 4.49. The van der Waals surface area contributed by atoms with Crippen molar-refractivity contribution in [1.29, 1.82) is 0 Å². The van der Waals surface area contributed by atoms with Gasteiger partial charge in [0.05, 0.1) is 23.0 Å². The highest BCUT2D eigenvalue weighted by Crippen LogP contribution is 2.40. The van der Waals surface area contributed by atoms with Gasteiger partial charge in [-0.25, -0.2) is 9.78 Å². The number of carbonyl (C=O) groups excluding carboxylic acids is 2. The Kier molecular flexibility index (Phi) is 5.32. The smallest absolute Gasteiger partial charge is 0.407 e. The first-order valence-electron chi connectivity index (χ1n) is 8.80. The molecule has 9 heteroatoms. The van der Waals surface area contributed by atoms with Crippen molar-refractivity contribution in [2.45, 2.75) is 51.3 Å². The monoisotopic (exact) mass is 437 g/mol. The lowest BCUT2D eigenvalue weighted by molar-refractivity contribution is -0.108. The zero-order valence-corrected chi connectivity index (χ0v) is 17.4. The number of pyridine rings is 1. The number of fused-ring (bicyclic) bond motifs is 1. The highest BCUT2D eigenvalue weighted by molar-refractivity contribution is 9.10. The van der Waals surface area contributed by atoms with E-state index >= 15 is 0 Å². The van der Waals surface area contributed by atoms with E-state index in [4.69, 9.17) is 4.74 Å².